The Morgan fingerprint density at radius 3 is 2.50 bits per heavy atom. The molecule has 1 aliphatic heterocycles. The second-order valence-electron chi connectivity index (χ2n) is 4.61. The van der Waals surface area contributed by atoms with Crippen LogP contribution in [0.15, 0.2) is 0 Å². The molecule has 18 heavy (non-hydrogen) atoms. The lowest BCUT2D eigenvalue weighted by Gasteiger charge is -2.18. The van der Waals surface area contributed by atoms with Crippen molar-refractivity contribution in [3.63, 3.8) is 0 Å². The van der Waals surface area contributed by atoms with E-state index < -0.39 is 6.10 Å². The van der Waals surface area contributed by atoms with Gasteiger partial charge < -0.3 is 15.2 Å². The third-order valence-corrected chi connectivity index (χ3v) is 3.28. The minimum absolute atomic E-state index is 0.0861. The van der Waals surface area contributed by atoms with Crippen LogP contribution in [0.4, 0.5) is 5.82 Å². The first-order valence-corrected chi connectivity index (χ1v) is 6.54. The van der Waals surface area contributed by atoms with Gasteiger partial charge in [-0.15, -0.1) is 0 Å². The number of aliphatic hydroxyl groups is 1. The predicted molar refractivity (Wildman–Crippen MR) is 69.8 cm³/mol. The maximum atomic E-state index is 9.76. The van der Waals surface area contributed by atoms with E-state index in [2.05, 4.69) is 29.1 Å². The molecule has 1 fully saturated rings. The molecular formula is C13H21N3O2. The minimum atomic E-state index is -0.470. The van der Waals surface area contributed by atoms with Gasteiger partial charge in [-0.25, -0.2) is 4.98 Å². The fourth-order valence-corrected chi connectivity index (χ4v) is 2.15. The molecule has 1 saturated heterocycles. The molecule has 2 rings (SSSR count). The summed E-state index contributed by atoms with van der Waals surface area (Å²) < 4.78 is 5.23. The quantitative estimate of drug-likeness (QED) is 0.838. The van der Waals surface area contributed by atoms with Crippen LogP contribution in [0.5, 0.6) is 0 Å². The van der Waals surface area contributed by atoms with Crippen LogP contribution in [-0.2, 0) is 17.6 Å². The van der Waals surface area contributed by atoms with E-state index in [-0.39, 0.29) is 6.04 Å². The SMILES string of the molecule is CCc1nc(NC2COCC2O)c(CC)nc1C. The maximum Gasteiger partial charge on any atom is 0.148 e. The standard InChI is InChI=1S/C13H21N3O2/c1-4-9-8(3)14-10(5-2)13(15-9)16-11-6-18-7-12(11)17/h11-12,17H,4-7H2,1-3H3,(H,15,16). The smallest absolute Gasteiger partial charge is 0.148 e. The van der Waals surface area contributed by atoms with Gasteiger partial charge in [-0.1, -0.05) is 13.8 Å². The number of rotatable bonds is 4. The lowest BCUT2D eigenvalue weighted by Crippen LogP contribution is -2.33. The Bertz CT molecular complexity index is 423. The zero-order valence-corrected chi connectivity index (χ0v) is 11.2. The van der Waals surface area contributed by atoms with Crippen LogP contribution in [0.1, 0.15) is 30.9 Å². The summed E-state index contributed by atoms with van der Waals surface area (Å²) in [5.74, 6) is 0.787. The molecule has 1 aromatic rings. The summed E-state index contributed by atoms with van der Waals surface area (Å²) in [6.45, 7) is 7.02. The van der Waals surface area contributed by atoms with Crippen molar-refractivity contribution in [3.8, 4) is 0 Å². The molecule has 1 aromatic heterocycles. The Hall–Kier alpha value is -1.20. The summed E-state index contributed by atoms with van der Waals surface area (Å²) in [6, 6.07) is -0.0861. The Labute approximate surface area is 108 Å². The Morgan fingerprint density at radius 2 is 1.94 bits per heavy atom. The summed E-state index contributed by atoms with van der Waals surface area (Å²) in [5, 5.41) is 13.0. The highest BCUT2D eigenvalue weighted by molar-refractivity contribution is 5.43. The number of anilines is 1. The third kappa shape index (κ3) is 2.62. The van der Waals surface area contributed by atoms with E-state index in [0.717, 1.165) is 35.7 Å². The Kier molecular flexibility index (Phi) is 4.14. The van der Waals surface area contributed by atoms with Crippen LogP contribution in [0.2, 0.25) is 0 Å². The van der Waals surface area contributed by atoms with E-state index in [4.69, 9.17) is 4.74 Å². The molecule has 0 aromatic carbocycles. The predicted octanol–water partition coefficient (Wildman–Crippen LogP) is 1.08. The molecule has 2 unspecified atom stereocenters. The van der Waals surface area contributed by atoms with Gasteiger partial charge in [0, 0.05) is 0 Å². The first-order valence-electron chi connectivity index (χ1n) is 6.54. The number of nitrogens with one attached hydrogen (secondary N) is 1. The number of ether oxygens (including phenoxy) is 1. The highest BCUT2D eigenvalue weighted by atomic mass is 16.5. The molecule has 0 amide bonds. The van der Waals surface area contributed by atoms with Crippen LogP contribution in [-0.4, -0.2) is 40.4 Å². The van der Waals surface area contributed by atoms with E-state index in [1.54, 1.807) is 0 Å². The van der Waals surface area contributed by atoms with Gasteiger partial charge in [0.1, 0.15) is 5.82 Å². The first kappa shape index (κ1) is 13.2. The van der Waals surface area contributed by atoms with E-state index in [1.165, 1.54) is 0 Å². The van der Waals surface area contributed by atoms with Gasteiger partial charge in [-0.05, 0) is 19.8 Å². The number of nitrogens with zero attached hydrogens (tertiary/aromatic N) is 2. The Morgan fingerprint density at radius 1 is 1.22 bits per heavy atom. The van der Waals surface area contributed by atoms with Crippen molar-refractivity contribution in [2.24, 2.45) is 0 Å². The fraction of sp³-hybridized carbons (Fsp3) is 0.692. The van der Waals surface area contributed by atoms with Crippen molar-refractivity contribution in [2.75, 3.05) is 18.5 Å². The van der Waals surface area contributed by atoms with Crippen LogP contribution < -0.4 is 5.32 Å². The summed E-state index contributed by atoms with van der Waals surface area (Å²) in [5.41, 5.74) is 2.94. The average molecular weight is 251 g/mol. The zero-order valence-electron chi connectivity index (χ0n) is 11.2. The van der Waals surface area contributed by atoms with E-state index >= 15 is 0 Å². The van der Waals surface area contributed by atoms with Crippen molar-refractivity contribution in [1.82, 2.24) is 9.97 Å². The van der Waals surface area contributed by atoms with Crippen molar-refractivity contribution >= 4 is 5.82 Å². The second kappa shape index (κ2) is 5.63. The van der Waals surface area contributed by atoms with Crippen LogP contribution in [0.25, 0.3) is 0 Å². The van der Waals surface area contributed by atoms with E-state index in [1.807, 2.05) is 6.92 Å². The summed E-state index contributed by atoms with van der Waals surface area (Å²) in [4.78, 5) is 9.20. The molecule has 0 aliphatic carbocycles. The van der Waals surface area contributed by atoms with Crippen LogP contribution in [0, 0.1) is 6.92 Å². The number of aryl methyl sites for hydroxylation is 3. The maximum absolute atomic E-state index is 9.76. The van der Waals surface area contributed by atoms with Gasteiger partial charge in [-0.3, -0.25) is 4.98 Å². The van der Waals surface area contributed by atoms with Crippen LogP contribution in [0.3, 0.4) is 0 Å². The number of aromatic nitrogens is 2. The van der Waals surface area contributed by atoms with Crippen molar-refractivity contribution in [1.29, 1.82) is 0 Å². The summed E-state index contributed by atoms with van der Waals surface area (Å²) in [7, 11) is 0. The molecule has 5 nitrogen and oxygen atoms in total. The van der Waals surface area contributed by atoms with Crippen molar-refractivity contribution < 1.29 is 9.84 Å². The molecule has 2 heterocycles. The Balaban J connectivity index is 2.24. The summed E-state index contributed by atoms with van der Waals surface area (Å²) in [6.07, 6.45) is 1.22. The molecule has 0 saturated carbocycles. The van der Waals surface area contributed by atoms with Crippen molar-refractivity contribution in [3.05, 3.63) is 17.1 Å². The normalized spacial score (nSPS) is 23.3. The monoisotopic (exact) mass is 251 g/mol. The second-order valence-corrected chi connectivity index (χ2v) is 4.61. The molecule has 0 spiro atoms. The number of hydrogen-bond acceptors (Lipinski definition) is 5. The lowest BCUT2D eigenvalue weighted by atomic mass is 10.2. The molecule has 5 heteroatoms. The molecule has 2 atom stereocenters. The molecule has 1 aliphatic rings. The topological polar surface area (TPSA) is 67.3 Å². The third-order valence-electron chi connectivity index (χ3n) is 3.28. The van der Waals surface area contributed by atoms with Gasteiger partial charge in [0.15, 0.2) is 0 Å². The van der Waals surface area contributed by atoms with Gasteiger partial charge in [-0.2, -0.15) is 0 Å². The largest absolute Gasteiger partial charge is 0.388 e. The minimum Gasteiger partial charge on any atom is -0.388 e. The number of hydrogen-bond donors (Lipinski definition) is 2. The van der Waals surface area contributed by atoms with Gasteiger partial charge in [0.2, 0.25) is 0 Å². The molecule has 2 N–H and O–H groups in total. The van der Waals surface area contributed by atoms with Crippen molar-refractivity contribution in [2.45, 2.75) is 45.8 Å². The van der Waals surface area contributed by atoms with Crippen LogP contribution >= 0.6 is 0 Å². The van der Waals surface area contributed by atoms with E-state index in [9.17, 15) is 5.11 Å². The average Bonchev–Trinajstić information content (AvgIpc) is 2.76. The lowest BCUT2D eigenvalue weighted by molar-refractivity contribution is 0.125. The highest BCUT2D eigenvalue weighted by Gasteiger charge is 2.27. The van der Waals surface area contributed by atoms with Gasteiger partial charge in [0.05, 0.1) is 42.4 Å². The van der Waals surface area contributed by atoms with Gasteiger partial charge in [0.25, 0.3) is 0 Å². The molecule has 0 radical (unpaired) electrons. The van der Waals surface area contributed by atoms with E-state index in [0.29, 0.717) is 13.2 Å². The fourth-order valence-electron chi connectivity index (χ4n) is 2.15. The summed E-state index contributed by atoms with van der Waals surface area (Å²) >= 11 is 0. The number of aliphatic hydroxyl groups excluding tert-OH is 1. The molecule has 0 bridgehead atoms. The first-order chi connectivity index (χ1) is 8.65. The zero-order chi connectivity index (χ0) is 13.1. The molecule has 100 valence electrons. The highest BCUT2D eigenvalue weighted by Crippen LogP contribution is 2.18. The van der Waals surface area contributed by atoms with Gasteiger partial charge >= 0.3 is 0 Å². The molecular weight excluding hydrogens is 230 g/mol.